The van der Waals surface area contributed by atoms with E-state index >= 15 is 0 Å². The maximum atomic E-state index is 13.1. The molecule has 9 heteroatoms. The number of hydrogen-bond acceptors (Lipinski definition) is 6. The number of amides is 1. The Morgan fingerprint density at radius 1 is 1.29 bits per heavy atom. The first-order valence-electron chi connectivity index (χ1n) is 9.16. The van der Waals surface area contributed by atoms with Gasteiger partial charge in [-0.1, -0.05) is 0 Å². The van der Waals surface area contributed by atoms with E-state index < -0.39 is 6.10 Å². The van der Waals surface area contributed by atoms with Crippen LogP contribution in [0, 0.1) is 5.82 Å². The molecule has 1 fully saturated rings. The Balaban J connectivity index is 1.37. The summed E-state index contributed by atoms with van der Waals surface area (Å²) < 4.78 is 19.2. The summed E-state index contributed by atoms with van der Waals surface area (Å²) in [5, 5.41) is 2.89. The number of carbonyl (C=O) groups excluding carboxylic acids is 1. The standard InChI is InChI=1S/C19H23BrFN5O2/c1-14(28-17-4-3-15(21)13-16(17)20)18(27)22-7-8-25-9-11-26(12-10-25)19-23-5-2-6-24-19/h2-6,13-14H,7-12H2,1H3,(H,22,27). The van der Waals surface area contributed by atoms with Crippen LogP contribution in [0.3, 0.4) is 0 Å². The SMILES string of the molecule is CC(Oc1ccc(F)cc1Br)C(=O)NCCN1CCN(c2ncccn2)CC1. The van der Waals surface area contributed by atoms with Gasteiger partial charge >= 0.3 is 0 Å². The molecule has 1 atom stereocenters. The van der Waals surface area contributed by atoms with E-state index in [0.29, 0.717) is 16.8 Å². The summed E-state index contributed by atoms with van der Waals surface area (Å²) in [5.74, 6) is 0.625. The highest BCUT2D eigenvalue weighted by atomic mass is 79.9. The van der Waals surface area contributed by atoms with Crippen LogP contribution in [0.25, 0.3) is 0 Å². The predicted octanol–water partition coefficient (Wildman–Crippen LogP) is 2.08. The Morgan fingerprint density at radius 2 is 2.00 bits per heavy atom. The van der Waals surface area contributed by atoms with Gasteiger partial charge in [-0.2, -0.15) is 0 Å². The normalized spacial score (nSPS) is 15.9. The predicted molar refractivity (Wildman–Crippen MR) is 108 cm³/mol. The molecule has 0 spiro atoms. The van der Waals surface area contributed by atoms with Crippen molar-refractivity contribution in [3.8, 4) is 5.75 Å². The molecule has 1 saturated heterocycles. The third kappa shape index (κ3) is 5.62. The number of hydrogen-bond donors (Lipinski definition) is 1. The first-order chi connectivity index (χ1) is 13.5. The minimum Gasteiger partial charge on any atom is -0.480 e. The van der Waals surface area contributed by atoms with Crippen molar-refractivity contribution in [3.63, 3.8) is 0 Å². The molecule has 3 rings (SSSR count). The van der Waals surface area contributed by atoms with Crippen molar-refractivity contribution in [2.75, 3.05) is 44.2 Å². The van der Waals surface area contributed by atoms with Gasteiger partial charge in [0.1, 0.15) is 11.6 Å². The molecule has 2 aromatic rings. The van der Waals surface area contributed by atoms with Gasteiger partial charge in [-0.15, -0.1) is 0 Å². The number of ether oxygens (including phenoxy) is 1. The summed E-state index contributed by atoms with van der Waals surface area (Å²) in [6, 6.07) is 5.91. The molecule has 1 aliphatic rings. The lowest BCUT2D eigenvalue weighted by molar-refractivity contribution is -0.127. The highest BCUT2D eigenvalue weighted by Crippen LogP contribution is 2.26. The Bertz CT molecular complexity index is 787. The van der Waals surface area contributed by atoms with E-state index in [9.17, 15) is 9.18 Å². The van der Waals surface area contributed by atoms with Crippen molar-refractivity contribution in [2.24, 2.45) is 0 Å². The van der Waals surface area contributed by atoms with Crippen molar-refractivity contribution >= 4 is 27.8 Å². The molecule has 1 unspecified atom stereocenters. The smallest absolute Gasteiger partial charge is 0.260 e. The number of benzene rings is 1. The van der Waals surface area contributed by atoms with E-state index in [1.165, 1.54) is 18.2 Å². The first kappa shape index (κ1) is 20.5. The van der Waals surface area contributed by atoms with E-state index in [-0.39, 0.29) is 11.7 Å². The second-order valence-electron chi connectivity index (χ2n) is 6.50. The molecule has 1 amide bonds. The van der Waals surface area contributed by atoms with Crippen LogP contribution in [0.5, 0.6) is 5.75 Å². The molecule has 0 aliphatic carbocycles. The third-order valence-electron chi connectivity index (χ3n) is 4.50. The quantitative estimate of drug-likeness (QED) is 0.694. The van der Waals surface area contributed by atoms with Crippen LogP contribution < -0.4 is 15.0 Å². The zero-order chi connectivity index (χ0) is 19.9. The van der Waals surface area contributed by atoms with Crippen molar-refractivity contribution < 1.29 is 13.9 Å². The van der Waals surface area contributed by atoms with E-state index in [1.54, 1.807) is 19.3 Å². The van der Waals surface area contributed by atoms with Gasteiger partial charge < -0.3 is 15.0 Å². The number of piperazine rings is 1. The fraction of sp³-hybridized carbons (Fsp3) is 0.421. The van der Waals surface area contributed by atoms with E-state index in [4.69, 9.17) is 4.74 Å². The number of nitrogens with zero attached hydrogens (tertiary/aromatic N) is 4. The zero-order valence-electron chi connectivity index (χ0n) is 15.6. The second kappa shape index (κ2) is 9.79. The maximum Gasteiger partial charge on any atom is 0.260 e. The van der Waals surface area contributed by atoms with Gasteiger partial charge in [0.05, 0.1) is 4.47 Å². The monoisotopic (exact) mass is 451 g/mol. The Hall–Kier alpha value is -2.26. The molecule has 150 valence electrons. The topological polar surface area (TPSA) is 70.6 Å². The van der Waals surface area contributed by atoms with Gasteiger partial charge in [-0.05, 0) is 47.1 Å². The molecule has 0 saturated carbocycles. The Morgan fingerprint density at radius 3 is 2.68 bits per heavy atom. The molecule has 7 nitrogen and oxygen atoms in total. The molecule has 1 aliphatic heterocycles. The molecule has 1 aromatic carbocycles. The maximum absolute atomic E-state index is 13.1. The van der Waals surface area contributed by atoms with Crippen LogP contribution in [-0.4, -0.2) is 66.1 Å². The summed E-state index contributed by atoms with van der Waals surface area (Å²) in [5.41, 5.74) is 0. The average molecular weight is 452 g/mol. The van der Waals surface area contributed by atoms with Crippen LogP contribution in [0.15, 0.2) is 41.1 Å². The lowest BCUT2D eigenvalue weighted by Gasteiger charge is -2.34. The second-order valence-corrected chi connectivity index (χ2v) is 7.36. The number of halogens is 2. The molecule has 0 radical (unpaired) electrons. The number of aromatic nitrogens is 2. The van der Waals surface area contributed by atoms with Gasteiger partial charge in [0.15, 0.2) is 6.10 Å². The van der Waals surface area contributed by atoms with Gasteiger partial charge in [0.25, 0.3) is 5.91 Å². The molecule has 2 heterocycles. The summed E-state index contributed by atoms with van der Waals surface area (Å²) in [6.45, 7) is 6.47. The summed E-state index contributed by atoms with van der Waals surface area (Å²) >= 11 is 3.23. The number of anilines is 1. The van der Waals surface area contributed by atoms with Crippen LogP contribution in [0.2, 0.25) is 0 Å². The largest absolute Gasteiger partial charge is 0.480 e. The lowest BCUT2D eigenvalue weighted by Crippen LogP contribution is -2.49. The molecular formula is C19H23BrFN5O2. The number of carbonyl (C=O) groups is 1. The van der Waals surface area contributed by atoms with Crippen molar-refractivity contribution in [3.05, 3.63) is 46.9 Å². The third-order valence-corrected chi connectivity index (χ3v) is 5.12. The van der Waals surface area contributed by atoms with Gasteiger partial charge in [0, 0.05) is 51.7 Å². The molecule has 1 N–H and O–H groups in total. The summed E-state index contributed by atoms with van der Waals surface area (Å²) in [6.07, 6.45) is 2.82. The average Bonchev–Trinajstić information content (AvgIpc) is 2.71. The minimum absolute atomic E-state index is 0.201. The first-order valence-corrected chi connectivity index (χ1v) is 9.96. The summed E-state index contributed by atoms with van der Waals surface area (Å²) in [7, 11) is 0. The zero-order valence-corrected chi connectivity index (χ0v) is 17.2. The molecular weight excluding hydrogens is 429 g/mol. The van der Waals surface area contributed by atoms with Crippen molar-refractivity contribution in [2.45, 2.75) is 13.0 Å². The highest BCUT2D eigenvalue weighted by Gasteiger charge is 2.20. The van der Waals surface area contributed by atoms with Crippen molar-refractivity contribution in [1.82, 2.24) is 20.2 Å². The van der Waals surface area contributed by atoms with Crippen LogP contribution in [0.1, 0.15) is 6.92 Å². The molecule has 28 heavy (non-hydrogen) atoms. The number of rotatable bonds is 7. The van der Waals surface area contributed by atoms with Crippen LogP contribution >= 0.6 is 15.9 Å². The lowest BCUT2D eigenvalue weighted by atomic mass is 10.3. The highest BCUT2D eigenvalue weighted by molar-refractivity contribution is 9.10. The number of nitrogens with one attached hydrogen (secondary N) is 1. The summed E-state index contributed by atoms with van der Waals surface area (Å²) in [4.78, 5) is 25.2. The fourth-order valence-electron chi connectivity index (χ4n) is 2.92. The molecule has 0 bridgehead atoms. The van der Waals surface area contributed by atoms with E-state index in [2.05, 4.69) is 41.0 Å². The van der Waals surface area contributed by atoms with Crippen molar-refractivity contribution in [1.29, 1.82) is 0 Å². The minimum atomic E-state index is -0.672. The van der Waals surface area contributed by atoms with Crippen LogP contribution in [-0.2, 0) is 4.79 Å². The van der Waals surface area contributed by atoms with Crippen LogP contribution in [0.4, 0.5) is 10.3 Å². The van der Waals surface area contributed by atoms with E-state index in [0.717, 1.165) is 38.7 Å². The molecule has 1 aromatic heterocycles. The van der Waals surface area contributed by atoms with Gasteiger partial charge in [0.2, 0.25) is 5.95 Å². The Kier molecular flexibility index (Phi) is 7.16. The van der Waals surface area contributed by atoms with Gasteiger partial charge in [-0.25, -0.2) is 14.4 Å². The van der Waals surface area contributed by atoms with Gasteiger partial charge in [-0.3, -0.25) is 9.69 Å². The Labute approximate surface area is 172 Å². The van der Waals surface area contributed by atoms with E-state index in [1.807, 2.05) is 6.07 Å². The fourth-order valence-corrected chi connectivity index (χ4v) is 3.37.